The minimum absolute atomic E-state index is 0.0924. The molecule has 0 atom stereocenters. The summed E-state index contributed by atoms with van der Waals surface area (Å²) in [4.78, 5) is 14.1. The summed E-state index contributed by atoms with van der Waals surface area (Å²) in [6.07, 6.45) is 0. The molecule has 0 saturated carbocycles. The van der Waals surface area contributed by atoms with Crippen molar-refractivity contribution in [2.45, 2.75) is 20.4 Å². The van der Waals surface area contributed by atoms with Gasteiger partial charge in [0.25, 0.3) is 12.5 Å². The van der Waals surface area contributed by atoms with Crippen LogP contribution in [-0.2, 0) is 11.3 Å². The van der Waals surface area contributed by atoms with Crippen LogP contribution in [0.1, 0.15) is 16.7 Å². The minimum atomic E-state index is -0.217. The van der Waals surface area contributed by atoms with Crippen LogP contribution in [0, 0.1) is 20.4 Å². The molecule has 3 nitrogen and oxygen atoms in total. The standard InChI is InChI=1S/C12H14N2O/c1-9-4-5-10(2)11(6-9)7-14-12(15)8-13-3/h4-6H,7-8H2,1-2H3,(H,14,15). The summed E-state index contributed by atoms with van der Waals surface area (Å²) < 4.78 is 0. The summed E-state index contributed by atoms with van der Waals surface area (Å²) in [7, 11) is 0. The van der Waals surface area contributed by atoms with Crippen LogP contribution < -0.4 is 5.32 Å². The molecule has 0 aliphatic rings. The lowest BCUT2D eigenvalue weighted by Gasteiger charge is -2.07. The van der Waals surface area contributed by atoms with Crippen LogP contribution in [0.15, 0.2) is 18.2 Å². The van der Waals surface area contributed by atoms with Gasteiger partial charge in [-0.05, 0) is 25.0 Å². The lowest BCUT2D eigenvalue weighted by atomic mass is 10.1. The van der Waals surface area contributed by atoms with Gasteiger partial charge in [-0.25, -0.2) is 6.57 Å². The molecule has 78 valence electrons. The summed E-state index contributed by atoms with van der Waals surface area (Å²) in [6.45, 7) is 11.0. The molecule has 1 aromatic rings. The number of nitrogens with zero attached hydrogens (tertiary/aromatic N) is 1. The predicted molar refractivity (Wildman–Crippen MR) is 59.2 cm³/mol. The zero-order chi connectivity index (χ0) is 11.3. The third kappa shape index (κ3) is 3.43. The molecule has 0 aromatic heterocycles. The van der Waals surface area contributed by atoms with E-state index in [1.54, 1.807) is 0 Å². The first-order chi connectivity index (χ1) is 7.13. The van der Waals surface area contributed by atoms with Crippen LogP contribution >= 0.6 is 0 Å². The number of benzene rings is 1. The van der Waals surface area contributed by atoms with Crippen molar-refractivity contribution in [1.29, 1.82) is 0 Å². The summed E-state index contributed by atoms with van der Waals surface area (Å²) in [6, 6.07) is 6.12. The van der Waals surface area contributed by atoms with Crippen molar-refractivity contribution in [2.75, 3.05) is 6.54 Å². The van der Waals surface area contributed by atoms with Crippen molar-refractivity contribution in [3.63, 3.8) is 0 Å². The van der Waals surface area contributed by atoms with Gasteiger partial charge in [0.2, 0.25) is 0 Å². The van der Waals surface area contributed by atoms with Gasteiger partial charge in [0.15, 0.2) is 0 Å². The highest BCUT2D eigenvalue weighted by Gasteiger charge is 2.04. The molecular weight excluding hydrogens is 188 g/mol. The van der Waals surface area contributed by atoms with Crippen molar-refractivity contribution >= 4 is 5.91 Å². The number of nitrogens with one attached hydrogen (secondary N) is 1. The first-order valence-corrected chi connectivity index (χ1v) is 4.79. The second-order valence-corrected chi connectivity index (χ2v) is 3.52. The number of carbonyl (C=O) groups excluding carboxylic acids is 1. The van der Waals surface area contributed by atoms with Crippen LogP contribution in [0.4, 0.5) is 0 Å². The highest BCUT2D eigenvalue weighted by Crippen LogP contribution is 2.09. The van der Waals surface area contributed by atoms with Gasteiger partial charge in [0.05, 0.1) is 0 Å². The second kappa shape index (κ2) is 5.16. The third-order valence-corrected chi connectivity index (χ3v) is 2.20. The Bertz CT molecular complexity index is 405. The summed E-state index contributed by atoms with van der Waals surface area (Å²) in [5.74, 6) is -0.217. The minimum Gasteiger partial charge on any atom is -0.346 e. The maximum absolute atomic E-state index is 11.1. The van der Waals surface area contributed by atoms with Crippen molar-refractivity contribution in [1.82, 2.24) is 5.32 Å². The Morgan fingerprint density at radius 2 is 2.20 bits per heavy atom. The van der Waals surface area contributed by atoms with Crippen LogP contribution in [0.25, 0.3) is 4.85 Å². The molecule has 0 unspecified atom stereocenters. The molecule has 3 heteroatoms. The van der Waals surface area contributed by atoms with E-state index in [9.17, 15) is 4.79 Å². The number of hydrogen-bond donors (Lipinski definition) is 1. The van der Waals surface area contributed by atoms with Gasteiger partial charge >= 0.3 is 0 Å². The predicted octanol–water partition coefficient (Wildman–Crippen LogP) is 1.84. The summed E-state index contributed by atoms with van der Waals surface area (Å²) in [5.41, 5.74) is 3.44. The van der Waals surface area contributed by atoms with Crippen molar-refractivity contribution in [3.8, 4) is 0 Å². The SMILES string of the molecule is [C-]#[N+]CC(=O)NCc1cc(C)ccc1C. The summed E-state index contributed by atoms with van der Waals surface area (Å²) >= 11 is 0. The average molecular weight is 202 g/mol. The quantitative estimate of drug-likeness (QED) is 0.745. The lowest BCUT2D eigenvalue weighted by molar-refractivity contribution is -0.119. The molecule has 0 saturated heterocycles. The Morgan fingerprint density at radius 1 is 1.47 bits per heavy atom. The van der Waals surface area contributed by atoms with E-state index in [-0.39, 0.29) is 12.5 Å². The van der Waals surface area contributed by atoms with Gasteiger partial charge in [-0.2, -0.15) is 0 Å². The molecule has 0 aliphatic carbocycles. The van der Waals surface area contributed by atoms with Crippen molar-refractivity contribution < 1.29 is 4.79 Å². The fourth-order valence-corrected chi connectivity index (χ4v) is 1.31. The van der Waals surface area contributed by atoms with Gasteiger partial charge in [-0.1, -0.05) is 23.8 Å². The highest BCUT2D eigenvalue weighted by atomic mass is 16.1. The maximum atomic E-state index is 11.1. The number of amides is 1. The molecule has 0 spiro atoms. The monoisotopic (exact) mass is 202 g/mol. The van der Waals surface area contributed by atoms with Gasteiger partial charge in [0.1, 0.15) is 0 Å². The highest BCUT2D eigenvalue weighted by molar-refractivity contribution is 5.79. The first kappa shape index (κ1) is 11.3. The average Bonchev–Trinajstić information content (AvgIpc) is 2.20. The van der Waals surface area contributed by atoms with Crippen LogP contribution in [0.3, 0.4) is 0 Å². The molecule has 15 heavy (non-hydrogen) atoms. The van der Waals surface area contributed by atoms with Gasteiger partial charge in [-0.3, -0.25) is 4.79 Å². The molecule has 0 radical (unpaired) electrons. The topological polar surface area (TPSA) is 33.5 Å². The number of aryl methyl sites for hydroxylation is 2. The fraction of sp³-hybridized carbons (Fsp3) is 0.333. The molecule has 1 aromatic carbocycles. The Balaban J connectivity index is 2.61. The second-order valence-electron chi connectivity index (χ2n) is 3.52. The van der Waals surface area contributed by atoms with E-state index in [4.69, 9.17) is 6.57 Å². The van der Waals surface area contributed by atoms with Crippen LogP contribution in [0.2, 0.25) is 0 Å². The van der Waals surface area contributed by atoms with E-state index >= 15 is 0 Å². The molecule has 0 heterocycles. The van der Waals surface area contributed by atoms with E-state index in [0.29, 0.717) is 6.54 Å². The van der Waals surface area contributed by atoms with E-state index in [0.717, 1.165) is 11.1 Å². The zero-order valence-corrected chi connectivity index (χ0v) is 9.00. The summed E-state index contributed by atoms with van der Waals surface area (Å²) in [5, 5.41) is 2.72. The van der Waals surface area contributed by atoms with E-state index in [2.05, 4.69) is 10.2 Å². The Kier molecular flexibility index (Phi) is 3.87. The number of carbonyl (C=O) groups is 1. The first-order valence-electron chi connectivity index (χ1n) is 4.79. The molecule has 1 rings (SSSR count). The molecule has 1 N–H and O–H groups in total. The van der Waals surface area contributed by atoms with Gasteiger partial charge < -0.3 is 10.2 Å². The molecule has 1 amide bonds. The van der Waals surface area contributed by atoms with Crippen molar-refractivity contribution in [2.24, 2.45) is 0 Å². The van der Waals surface area contributed by atoms with E-state index < -0.39 is 0 Å². The molecule has 0 bridgehead atoms. The lowest BCUT2D eigenvalue weighted by Crippen LogP contribution is -2.24. The molecule has 0 fully saturated rings. The Morgan fingerprint density at radius 3 is 2.87 bits per heavy atom. The fourth-order valence-electron chi connectivity index (χ4n) is 1.31. The maximum Gasteiger partial charge on any atom is 0.300 e. The van der Waals surface area contributed by atoms with Crippen LogP contribution in [-0.4, -0.2) is 12.5 Å². The van der Waals surface area contributed by atoms with Gasteiger partial charge in [-0.15, -0.1) is 0 Å². The Labute approximate surface area is 89.9 Å². The van der Waals surface area contributed by atoms with Gasteiger partial charge in [0, 0.05) is 6.54 Å². The number of hydrogen-bond acceptors (Lipinski definition) is 1. The number of rotatable bonds is 3. The normalized spacial score (nSPS) is 9.40. The molecule has 0 aliphatic heterocycles. The zero-order valence-electron chi connectivity index (χ0n) is 9.00. The van der Waals surface area contributed by atoms with Crippen molar-refractivity contribution in [3.05, 3.63) is 46.3 Å². The van der Waals surface area contributed by atoms with E-state index in [1.807, 2.05) is 32.0 Å². The Hall–Kier alpha value is -1.82. The molecular formula is C12H14N2O. The van der Waals surface area contributed by atoms with Crippen LogP contribution in [0.5, 0.6) is 0 Å². The van der Waals surface area contributed by atoms with E-state index in [1.165, 1.54) is 5.56 Å². The largest absolute Gasteiger partial charge is 0.346 e. The third-order valence-electron chi connectivity index (χ3n) is 2.20. The smallest absolute Gasteiger partial charge is 0.300 e.